The fourth-order valence-corrected chi connectivity index (χ4v) is 2.49. The highest BCUT2D eigenvalue weighted by Gasteiger charge is 2.10. The Balaban J connectivity index is 2.32. The average Bonchev–Trinajstić information content (AvgIpc) is 2.39. The minimum absolute atomic E-state index is 0.270. The highest BCUT2D eigenvalue weighted by Crippen LogP contribution is 2.27. The van der Waals surface area contributed by atoms with Gasteiger partial charge in [0.05, 0.1) is 22.9 Å². The Morgan fingerprint density at radius 1 is 1.30 bits per heavy atom. The van der Waals surface area contributed by atoms with Gasteiger partial charge in [-0.15, -0.1) is 0 Å². The molecule has 0 amide bonds. The smallest absolute Gasteiger partial charge is 0.107 e. The van der Waals surface area contributed by atoms with E-state index in [1.54, 1.807) is 13.2 Å². The molecule has 0 saturated carbocycles. The number of nitrogens with one attached hydrogen (secondary N) is 1. The summed E-state index contributed by atoms with van der Waals surface area (Å²) in [4.78, 5) is 0.270. The number of nitrogens with two attached hydrogens (primary N) is 1. The lowest BCUT2D eigenvalue weighted by Gasteiger charge is -2.13. The summed E-state index contributed by atoms with van der Waals surface area (Å²) in [5.41, 5.74) is 9.19. The van der Waals surface area contributed by atoms with Crippen LogP contribution in [0.3, 0.4) is 0 Å². The van der Waals surface area contributed by atoms with Gasteiger partial charge in [0.2, 0.25) is 0 Å². The van der Waals surface area contributed by atoms with Gasteiger partial charge in [-0.25, -0.2) is 0 Å². The van der Waals surface area contributed by atoms with E-state index in [-0.39, 0.29) is 4.99 Å². The van der Waals surface area contributed by atoms with Crippen LogP contribution in [0.15, 0.2) is 42.5 Å². The zero-order valence-corrected chi connectivity index (χ0v) is 12.6. The Labute approximate surface area is 128 Å². The van der Waals surface area contributed by atoms with Crippen molar-refractivity contribution in [3.63, 3.8) is 0 Å². The molecule has 0 radical (unpaired) electrons. The molecule has 0 unspecified atom stereocenters. The van der Waals surface area contributed by atoms with Crippen LogP contribution in [0, 0.1) is 0 Å². The number of halogens is 1. The van der Waals surface area contributed by atoms with Crippen LogP contribution in [0.4, 0.5) is 11.4 Å². The molecule has 5 heteroatoms. The standard InChI is InChI=1S/C15H15ClN2OS/c1-19-9-10-4-2-5-11(8-10)18-13-7-3-6-12(16)14(13)15(17)20/h2-8,18H,9H2,1H3,(H2,17,20). The third-order valence-electron chi connectivity index (χ3n) is 2.78. The second-order valence-corrected chi connectivity index (χ2v) is 5.13. The predicted octanol–water partition coefficient (Wildman–Crippen LogP) is 3.86. The SMILES string of the molecule is COCc1cccc(Nc2cccc(Cl)c2C(N)=S)c1. The van der Waals surface area contributed by atoms with E-state index < -0.39 is 0 Å². The van der Waals surface area contributed by atoms with Gasteiger partial charge in [0.1, 0.15) is 4.99 Å². The molecule has 0 heterocycles. The molecular formula is C15H15ClN2OS. The maximum absolute atomic E-state index is 6.14. The van der Waals surface area contributed by atoms with Crippen LogP contribution < -0.4 is 11.1 Å². The quantitative estimate of drug-likeness (QED) is 0.823. The average molecular weight is 307 g/mol. The van der Waals surface area contributed by atoms with Crippen LogP contribution in [-0.4, -0.2) is 12.1 Å². The van der Waals surface area contributed by atoms with Crippen LogP contribution in [-0.2, 0) is 11.3 Å². The number of rotatable bonds is 5. The molecule has 3 N–H and O–H groups in total. The van der Waals surface area contributed by atoms with Crippen molar-refractivity contribution >= 4 is 40.2 Å². The molecule has 2 rings (SSSR count). The summed E-state index contributed by atoms with van der Waals surface area (Å²) in [6, 6.07) is 13.4. The number of benzene rings is 2. The molecule has 2 aromatic rings. The van der Waals surface area contributed by atoms with Crippen LogP contribution in [0.5, 0.6) is 0 Å². The van der Waals surface area contributed by atoms with E-state index >= 15 is 0 Å². The van der Waals surface area contributed by atoms with Crippen LogP contribution in [0.1, 0.15) is 11.1 Å². The van der Waals surface area contributed by atoms with Crippen molar-refractivity contribution in [3.8, 4) is 0 Å². The zero-order chi connectivity index (χ0) is 14.5. The molecule has 0 spiro atoms. The van der Waals surface area contributed by atoms with E-state index in [0.29, 0.717) is 17.2 Å². The lowest BCUT2D eigenvalue weighted by atomic mass is 10.1. The molecule has 104 valence electrons. The molecule has 0 bridgehead atoms. The molecule has 0 aliphatic carbocycles. The highest BCUT2D eigenvalue weighted by molar-refractivity contribution is 7.80. The van der Waals surface area contributed by atoms with Gasteiger partial charge in [-0.2, -0.15) is 0 Å². The van der Waals surface area contributed by atoms with Crippen LogP contribution in [0.25, 0.3) is 0 Å². The summed E-state index contributed by atoms with van der Waals surface area (Å²) in [6.45, 7) is 0.563. The van der Waals surface area contributed by atoms with E-state index in [1.165, 1.54) is 0 Å². The number of hydrogen-bond donors (Lipinski definition) is 2. The van der Waals surface area contributed by atoms with Crippen molar-refractivity contribution in [3.05, 3.63) is 58.6 Å². The summed E-state index contributed by atoms with van der Waals surface area (Å²) < 4.78 is 5.12. The van der Waals surface area contributed by atoms with Gasteiger partial charge in [0, 0.05) is 12.8 Å². The van der Waals surface area contributed by atoms with Crippen molar-refractivity contribution in [1.82, 2.24) is 0 Å². The molecule has 0 aliphatic heterocycles. The lowest BCUT2D eigenvalue weighted by molar-refractivity contribution is 0.185. The van der Waals surface area contributed by atoms with Crippen molar-refractivity contribution in [1.29, 1.82) is 0 Å². The molecular weight excluding hydrogens is 292 g/mol. The molecule has 0 atom stereocenters. The number of ether oxygens (including phenoxy) is 1. The molecule has 0 fully saturated rings. The Morgan fingerprint density at radius 2 is 2.05 bits per heavy atom. The van der Waals surface area contributed by atoms with E-state index in [1.807, 2.05) is 36.4 Å². The maximum atomic E-state index is 6.14. The van der Waals surface area contributed by atoms with Gasteiger partial charge in [0.15, 0.2) is 0 Å². The van der Waals surface area contributed by atoms with Gasteiger partial charge in [-0.3, -0.25) is 0 Å². The summed E-state index contributed by atoms with van der Waals surface area (Å²) in [6.07, 6.45) is 0. The number of methoxy groups -OCH3 is 1. The van der Waals surface area contributed by atoms with Crippen LogP contribution in [0.2, 0.25) is 5.02 Å². The number of anilines is 2. The zero-order valence-electron chi connectivity index (χ0n) is 11.0. The van der Waals surface area contributed by atoms with Gasteiger partial charge in [-0.1, -0.05) is 42.0 Å². The fraction of sp³-hybridized carbons (Fsp3) is 0.133. The van der Waals surface area contributed by atoms with Crippen molar-refractivity contribution in [2.45, 2.75) is 6.61 Å². The molecule has 0 saturated heterocycles. The topological polar surface area (TPSA) is 47.3 Å². The van der Waals surface area contributed by atoms with Gasteiger partial charge in [0.25, 0.3) is 0 Å². The fourth-order valence-electron chi connectivity index (χ4n) is 1.94. The monoisotopic (exact) mass is 306 g/mol. The summed E-state index contributed by atoms with van der Waals surface area (Å²) in [5.74, 6) is 0. The Bertz CT molecular complexity index is 631. The number of hydrogen-bond acceptors (Lipinski definition) is 3. The first-order valence-corrected chi connectivity index (χ1v) is 6.83. The molecule has 0 aliphatic rings. The molecule has 2 aromatic carbocycles. The first kappa shape index (κ1) is 14.8. The predicted molar refractivity (Wildman–Crippen MR) is 87.8 cm³/mol. The van der Waals surface area contributed by atoms with E-state index in [2.05, 4.69) is 5.32 Å². The minimum atomic E-state index is 0.270. The van der Waals surface area contributed by atoms with Crippen molar-refractivity contribution in [2.24, 2.45) is 5.73 Å². The normalized spacial score (nSPS) is 10.3. The van der Waals surface area contributed by atoms with Crippen molar-refractivity contribution < 1.29 is 4.74 Å². The third kappa shape index (κ3) is 3.48. The van der Waals surface area contributed by atoms with E-state index in [4.69, 9.17) is 34.3 Å². The van der Waals surface area contributed by atoms with Gasteiger partial charge < -0.3 is 15.8 Å². The first-order valence-electron chi connectivity index (χ1n) is 6.05. The second-order valence-electron chi connectivity index (χ2n) is 4.29. The summed E-state index contributed by atoms with van der Waals surface area (Å²) in [7, 11) is 1.67. The Morgan fingerprint density at radius 3 is 2.75 bits per heavy atom. The highest BCUT2D eigenvalue weighted by atomic mass is 35.5. The minimum Gasteiger partial charge on any atom is -0.389 e. The Kier molecular flexibility index (Phi) is 4.95. The molecule has 20 heavy (non-hydrogen) atoms. The van der Waals surface area contributed by atoms with E-state index in [0.717, 1.165) is 16.9 Å². The second kappa shape index (κ2) is 6.70. The van der Waals surface area contributed by atoms with Crippen LogP contribution >= 0.6 is 23.8 Å². The lowest BCUT2D eigenvalue weighted by Crippen LogP contribution is -2.12. The third-order valence-corrected chi connectivity index (χ3v) is 3.30. The molecule has 3 nitrogen and oxygen atoms in total. The summed E-state index contributed by atoms with van der Waals surface area (Å²) >= 11 is 11.2. The summed E-state index contributed by atoms with van der Waals surface area (Å²) in [5, 5.41) is 3.82. The number of thiocarbonyl (C=S) groups is 1. The maximum Gasteiger partial charge on any atom is 0.107 e. The first-order chi connectivity index (χ1) is 9.61. The van der Waals surface area contributed by atoms with Gasteiger partial charge in [-0.05, 0) is 29.8 Å². The van der Waals surface area contributed by atoms with Gasteiger partial charge >= 0.3 is 0 Å². The molecule has 0 aromatic heterocycles. The Hall–Kier alpha value is -1.62. The largest absolute Gasteiger partial charge is 0.389 e. The van der Waals surface area contributed by atoms with E-state index in [9.17, 15) is 0 Å². The van der Waals surface area contributed by atoms with Crippen molar-refractivity contribution in [2.75, 3.05) is 12.4 Å².